The summed E-state index contributed by atoms with van der Waals surface area (Å²) in [6, 6.07) is 14.0. The van der Waals surface area contributed by atoms with E-state index < -0.39 is 5.97 Å². The SMILES string of the molecule is CCOC(=O)c1ccc(NC(=O)CSCC(=O)Nc2ccccc2C)cc1. The highest BCUT2D eigenvalue weighted by Crippen LogP contribution is 2.14. The zero-order valence-corrected chi connectivity index (χ0v) is 16.1. The maximum Gasteiger partial charge on any atom is 0.338 e. The first-order chi connectivity index (χ1) is 13.0. The monoisotopic (exact) mass is 386 g/mol. The summed E-state index contributed by atoms with van der Waals surface area (Å²) >= 11 is 1.23. The van der Waals surface area contributed by atoms with Gasteiger partial charge in [-0.1, -0.05) is 18.2 Å². The zero-order valence-electron chi connectivity index (χ0n) is 15.3. The van der Waals surface area contributed by atoms with E-state index in [-0.39, 0.29) is 23.3 Å². The summed E-state index contributed by atoms with van der Waals surface area (Å²) in [5.41, 5.74) is 2.77. The molecule has 0 aliphatic heterocycles. The van der Waals surface area contributed by atoms with Gasteiger partial charge in [-0.2, -0.15) is 0 Å². The van der Waals surface area contributed by atoms with Crippen LogP contribution < -0.4 is 10.6 Å². The van der Waals surface area contributed by atoms with Crippen LogP contribution in [-0.4, -0.2) is 35.9 Å². The Balaban J connectivity index is 1.73. The van der Waals surface area contributed by atoms with E-state index in [4.69, 9.17) is 4.74 Å². The van der Waals surface area contributed by atoms with Crippen LogP contribution in [0.5, 0.6) is 0 Å². The molecule has 2 aromatic carbocycles. The van der Waals surface area contributed by atoms with Crippen LogP contribution in [0.1, 0.15) is 22.8 Å². The molecule has 2 N–H and O–H groups in total. The molecule has 0 heterocycles. The molecule has 2 amide bonds. The molecule has 0 spiro atoms. The molecule has 27 heavy (non-hydrogen) atoms. The van der Waals surface area contributed by atoms with Gasteiger partial charge in [-0.05, 0) is 49.7 Å². The van der Waals surface area contributed by atoms with Gasteiger partial charge in [-0.3, -0.25) is 9.59 Å². The van der Waals surface area contributed by atoms with E-state index in [1.807, 2.05) is 31.2 Å². The number of amides is 2. The third-order valence-corrected chi connectivity index (χ3v) is 4.50. The Morgan fingerprint density at radius 2 is 1.56 bits per heavy atom. The van der Waals surface area contributed by atoms with Gasteiger partial charge in [0.1, 0.15) is 0 Å². The summed E-state index contributed by atoms with van der Waals surface area (Å²) < 4.78 is 4.91. The van der Waals surface area contributed by atoms with Crippen molar-refractivity contribution in [1.82, 2.24) is 0 Å². The highest BCUT2D eigenvalue weighted by molar-refractivity contribution is 8.00. The largest absolute Gasteiger partial charge is 0.462 e. The molecule has 0 aliphatic rings. The standard InChI is InChI=1S/C20H22N2O4S/c1-3-26-20(25)15-8-10-16(11-9-15)21-18(23)12-27-13-19(24)22-17-7-5-4-6-14(17)2/h4-11H,3,12-13H2,1-2H3,(H,21,23)(H,22,24). The van der Waals surface area contributed by atoms with Crippen molar-refractivity contribution in [3.63, 3.8) is 0 Å². The molecule has 0 aromatic heterocycles. The van der Waals surface area contributed by atoms with Crippen LogP contribution in [0, 0.1) is 6.92 Å². The van der Waals surface area contributed by atoms with Crippen LogP contribution in [-0.2, 0) is 14.3 Å². The molecule has 2 rings (SSSR count). The molecule has 7 heteroatoms. The molecule has 0 radical (unpaired) electrons. The minimum absolute atomic E-state index is 0.152. The lowest BCUT2D eigenvalue weighted by Gasteiger charge is -2.08. The Hall–Kier alpha value is -2.80. The number of hydrogen-bond acceptors (Lipinski definition) is 5. The number of benzene rings is 2. The molecule has 2 aromatic rings. The molecule has 0 saturated carbocycles. The van der Waals surface area contributed by atoms with Crippen LogP contribution in [0.4, 0.5) is 11.4 Å². The molecule has 0 aliphatic carbocycles. The summed E-state index contributed by atoms with van der Waals surface area (Å²) in [5, 5.41) is 5.55. The maximum atomic E-state index is 12.0. The van der Waals surface area contributed by atoms with Crippen molar-refractivity contribution in [3.05, 3.63) is 59.7 Å². The topological polar surface area (TPSA) is 84.5 Å². The summed E-state index contributed by atoms with van der Waals surface area (Å²) in [6.07, 6.45) is 0. The molecule has 0 fully saturated rings. The Labute approximate surface area is 162 Å². The van der Waals surface area contributed by atoms with E-state index in [2.05, 4.69) is 10.6 Å². The van der Waals surface area contributed by atoms with Gasteiger partial charge in [-0.15, -0.1) is 11.8 Å². The van der Waals surface area contributed by atoms with Gasteiger partial charge in [0.25, 0.3) is 0 Å². The molecular formula is C20H22N2O4S. The molecule has 0 saturated heterocycles. The molecule has 0 unspecified atom stereocenters. The molecular weight excluding hydrogens is 364 g/mol. The first-order valence-electron chi connectivity index (χ1n) is 8.50. The lowest BCUT2D eigenvalue weighted by Crippen LogP contribution is -2.18. The summed E-state index contributed by atoms with van der Waals surface area (Å²) in [4.78, 5) is 35.5. The number of ether oxygens (including phenoxy) is 1. The number of nitrogens with one attached hydrogen (secondary N) is 2. The number of aryl methyl sites for hydroxylation is 1. The third-order valence-electron chi connectivity index (χ3n) is 3.57. The molecule has 0 atom stereocenters. The van der Waals surface area contributed by atoms with E-state index in [1.54, 1.807) is 31.2 Å². The Morgan fingerprint density at radius 1 is 0.926 bits per heavy atom. The van der Waals surface area contributed by atoms with Crippen molar-refractivity contribution < 1.29 is 19.1 Å². The van der Waals surface area contributed by atoms with Gasteiger partial charge in [0.15, 0.2) is 0 Å². The number of esters is 1. The Kier molecular flexibility index (Phi) is 7.88. The summed E-state index contributed by atoms with van der Waals surface area (Å²) in [5.74, 6) is -0.427. The number of anilines is 2. The number of thioether (sulfide) groups is 1. The van der Waals surface area contributed by atoms with Gasteiger partial charge in [0, 0.05) is 11.4 Å². The number of para-hydroxylation sites is 1. The lowest BCUT2D eigenvalue weighted by molar-refractivity contribution is -0.114. The highest BCUT2D eigenvalue weighted by atomic mass is 32.2. The van der Waals surface area contributed by atoms with Crippen LogP contribution in [0.15, 0.2) is 48.5 Å². The second-order valence-corrected chi connectivity index (χ2v) is 6.69. The average molecular weight is 386 g/mol. The molecule has 142 valence electrons. The van der Waals surface area contributed by atoms with Gasteiger partial charge in [-0.25, -0.2) is 4.79 Å². The predicted octanol–water partition coefficient (Wildman–Crippen LogP) is 3.48. The number of rotatable bonds is 8. The minimum atomic E-state index is -0.398. The smallest absolute Gasteiger partial charge is 0.338 e. The predicted molar refractivity (Wildman–Crippen MR) is 108 cm³/mol. The second-order valence-electron chi connectivity index (χ2n) is 5.70. The normalized spacial score (nSPS) is 10.1. The van der Waals surface area contributed by atoms with E-state index >= 15 is 0 Å². The van der Waals surface area contributed by atoms with Crippen LogP contribution in [0.2, 0.25) is 0 Å². The van der Waals surface area contributed by atoms with Crippen molar-refractivity contribution in [2.24, 2.45) is 0 Å². The van der Waals surface area contributed by atoms with E-state index in [9.17, 15) is 14.4 Å². The number of carbonyl (C=O) groups excluding carboxylic acids is 3. The van der Waals surface area contributed by atoms with E-state index in [1.165, 1.54) is 11.8 Å². The van der Waals surface area contributed by atoms with Crippen molar-refractivity contribution in [3.8, 4) is 0 Å². The number of carbonyl (C=O) groups is 3. The first-order valence-corrected chi connectivity index (χ1v) is 9.65. The van der Waals surface area contributed by atoms with Crippen molar-refractivity contribution in [2.45, 2.75) is 13.8 Å². The van der Waals surface area contributed by atoms with Gasteiger partial charge in [0.2, 0.25) is 11.8 Å². The summed E-state index contributed by atoms with van der Waals surface area (Å²) in [6.45, 7) is 3.97. The van der Waals surface area contributed by atoms with E-state index in [0.29, 0.717) is 17.9 Å². The summed E-state index contributed by atoms with van der Waals surface area (Å²) in [7, 11) is 0. The van der Waals surface area contributed by atoms with Gasteiger partial charge < -0.3 is 15.4 Å². The third kappa shape index (κ3) is 6.79. The molecule has 0 bridgehead atoms. The fourth-order valence-corrected chi connectivity index (χ4v) is 2.85. The number of hydrogen-bond donors (Lipinski definition) is 2. The van der Waals surface area contributed by atoms with Crippen molar-refractivity contribution in [2.75, 3.05) is 28.7 Å². The van der Waals surface area contributed by atoms with Crippen molar-refractivity contribution in [1.29, 1.82) is 0 Å². The van der Waals surface area contributed by atoms with E-state index in [0.717, 1.165) is 11.3 Å². The maximum absolute atomic E-state index is 12.0. The highest BCUT2D eigenvalue weighted by Gasteiger charge is 2.09. The van der Waals surface area contributed by atoms with Gasteiger partial charge in [0.05, 0.1) is 23.7 Å². The Bertz CT molecular complexity index is 806. The second kappa shape index (κ2) is 10.4. The van der Waals surface area contributed by atoms with Crippen LogP contribution in [0.3, 0.4) is 0 Å². The minimum Gasteiger partial charge on any atom is -0.462 e. The molecule has 6 nitrogen and oxygen atoms in total. The lowest BCUT2D eigenvalue weighted by atomic mass is 10.2. The van der Waals surface area contributed by atoms with Crippen molar-refractivity contribution >= 4 is 40.9 Å². The fraction of sp³-hybridized carbons (Fsp3) is 0.250. The van der Waals surface area contributed by atoms with Crippen LogP contribution >= 0.6 is 11.8 Å². The Morgan fingerprint density at radius 3 is 2.19 bits per heavy atom. The zero-order chi connectivity index (χ0) is 19.6. The van der Waals surface area contributed by atoms with Crippen LogP contribution in [0.25, 0.3) is 0 Å². The van der Waals surface area contributed by atoms with Gasteiger partial charge >= 0.3 is 5.97 Å². The first kappa shape index (κ1) is 20.5. The fourth-order valence-electron chi connectivity index (χ4n) is 2.24. The quantitative estimate of drug-likeness (QED) is 0.679. The average Bonchev–Trinajstić information content (AvgIpc) is 2.64.